The fraction of sp³-hybridized carbons (Fsp3) is 0.133. The number of nitriles is 1. The standard InChI is InChI=1S/C15H10ClF2N3O/c16-6-15(22)21(14-4-1-10(7-19)8-20-14)9-11-2-3-12(17)5-13(11)18/h1-5,8H,6,9H2. The van der Waals surface area contributed by atoms with E-state index in [0.29, 0.717) is 5.56 Å². The topological polar surface area (TPSA) is 57.0 Å². The molecule has 1 aromatic carbocycles. The Morgan fingerprint density at radius 3 is 2.64 bits per heavy atom. The van der Waals surface area contributed by atoms with Crippen LogP contribution in [-0.4, -0.2) is 16.8 Å². The van der Waals surface area contributed by atoms with E-state index in [9.17, 15) is 13.6 Å². The summed E-state index contributed by atoms with van der Waals surface area (Å²) < 4.78 is 26.7. The van der Waals surface area contributed by atoms with Gasteiger partial charge in [-0.2, -0.15) is 5.26 Å². The third-order valence-electron chi connectivity index (χ3n) is 2.91. The van der Waals surface area contributed by atoms with Crippen LogP contribution >= 0.6 is 11.6 Å². The number of carbonyl (C=O) groups excluding carboxylic acids is 1. The number of alkyl halides is 1. The first-order valence-corrected chi connectivity index (χ1v) is 6.75. The third-order valence-corrected chi connectivity index (χ3v) is 3.14. The number of anilines is 1. The van der Waals surface area contributed by atoms with E-state index in [1.54, 1.807) is 0 Å². The molecule has 0 saturated carbocycles. The molecule has 0 fully saturated rings. The molecule has 4 nitrogen and oxygen atoms in total. The van der Waals surface area contributed by atoms with Crippen LogP contribution in [0.15, 0.2) is 36.5 Å². The summed E-state index contributed by atoms with van der Waals surface area (Å²) in [6, 6.07) is 7.95. The van der Waals surface area contributed by atoms with Gasteiger partial charge in [-0.3, -0.25) is 9.69 Å². The fourth-order valence-electron chi connectivity index (χ4n) is 1.80. The summed E-state index contributed by atoms with van der Waals surface area (Å²) in [5, 5.41) is 8.74. The molecule has 0 N–H and O–H groups in total. The number of hydrogen-bond donors (Lipinski definition) is 0. The van der Waals surface area contributed by atoms with Gasteiger partial charge in [0.05, 0.1) is 12.1 Å². The Balaban J connectivity index is 2.33. The smallest absolute Gasteiger partial charge is 0.243 e. The van der Waals surface area contributed by atoms with Crippen LogP contribution in [0, 0.1) is 23.0 Å². The highest BCUT2D eigenvalue weighted by atomic mass is 35.5. The van der Waals surface area contributed by atoms with Crippen molar-refractivity contribution in [1.82, 2.24) is 4.98 Å². The molecular weight excluding hydrogens is 312 g/mol. The van der Waals surface area contributed by atoms with Crippen LogP contribution in [-0.2, 0) is 11.3 Å². The normalized spacial score (nSPS) is 10.1. The lowest BCUT2D eigenvalue weighted by atomic mass is 10.2. The van der Waals surface area contributed by atoms with Crippen molar-refractivity contribution < 1.29 is 13.6 Å². The van der Waals surface area contributed by atoms with Crippen molar-refractivity contribution in [3.63, 3.8) is 0 Å². The summed E-state index contributed by atoms with van der Waals surface area (Å²) in [5.74, 6) is -2.03. The van der Waals surface area contributed by atoms with Gasteiger partial charge >= 0.3 is 0 Å². The molecule has 0 saturated heterocycles. The molecule has 0 unspecified atom stereocenters. The summed E-state index contributed by atoms with van der Waals surface area (Å²) in [5.41, 5.74) is 0.459. The number of amides is 1. The first-order chi connectivity index (χ1) is 10.5. The predicted molar refractivity (Wildman–Crippen MR) is 77.2 cm³/mol. The molecule has 7 heteroatoms. The van der Waals surface area contributed by atoms with E-state index in [1.807, 2.05) is 6.07 Å². The van der Waals surface area contributed by atoms with E-state index < -0.39 is 17.5 Å². The van der Waals surface area contributed by atoms with Crippen molar-refractivity contribution in [2.75, 3.05) is 10.8 Å². The summed E-state index contributed by atoms with van der Waals surface area (Å²) in [7, 11) is 0. The van der Waals surface area contributed by atoms with Crippen molar-refractivity contribution in [2.45, 2.75) is 6.54 Å². The maximum atomic E-state index is 13.7. The molecule has 1 amide bonds. The second-order valence-corrected chi connectivity index (χ2v) is 4.63. The molecule has 0 aliphatic rings. The zero-order valence-corrected chi connectivity index (χ0v) is 12.0. The molecule has 0 bridgehead atoms. The fourth-order valence-corrected chi connectivity index (χ4v) is 1.95. The number of hydrogen-bond acceptors (Lipinski definition) is 3. The van der Waals surface area contributed by atoms with Crippen LogP contribution in [0.4, 0.5) is 14.6 Å². The van der Waals surface area contributed by atoms with Crippen molar-refractivity contribution >= 4 is 23.3 Å². The van der Waals surface area contributed by atoms with E-state index in [0.717, 1.165) is 12.1 Å². The largest absolute Gasteiger partial charge is 0.291 e. The molecule has 0 spiro atoms. The summed E-state index contributed by atoms with van der Waals surface area (Å²) in [6.45, 7) is -0.142. The molecule has 0 aliphatic heterocycles. The zero-order chi connectivity index (χ0) is 16.1. The van der Waals surface area contributed by atoms with E-state index in [2.05, 4.69) is 4.98 Å². The molecule has 0 radical (unpaired) electrons. The summed E-state index contributed by atoms with van der Waals surface area (Å²) in [6.07, 6.45) is 1.30. The minimum Gasteiger partial charge on any atom is -0.291 e. The minimum absolute atomic E-state index is 0.131. The highest BCUT2D eigenvalue weighted by Gasteiger charge is 2.18. The lowest BCUT2D eigenvalue weighted by molar-refractivity contribution is -0.116. The Bertz CT molecular complexity index is 729. The van der Waals surface area contributed by atoms with Gasteiger partial charge in [0.15, 0.2) is 0 Å². The first-order valence-electron chi connectivity index (χ1n) is 6.21. The number of benzene rings is 1. The zero-order valence-electron chi connectivity index (χ0n) is 11.3. The average molecular weight is 322 g/mol. The van der Waals surface area contributed by atoms with Crippen LogP contribution in [0.3, 0.4) is 0 Å². The van der Waals surface area contributed by atoms with Gasteiger partial charge in [-0.05, 0) is 18.2 Å². The van der Waals surface area contributed by atoms with E-state index >= 15 is 0 Å². The third kappa shape index (κ3) is 3.57. The number of rotatable bonds is 4. The van der Waals surface area contributed by atoms with Gasteiger partial charge in [-0.15, -0.1) is 11.6 Å². The molecule has 112 valence electrons. The van der Waals surface area contributed by atoms with Crippen LogP contribution in [0.5, 0.6) is 0 Å². The Kier molecular flexibility index (Phi) is 5.02. The monoisotopic (exact) mass is 321 g/mol. The number of aromatic nitrogens is 1. The number of nitrogens with zero attached hydrogens (tertiary/aromatic N) is 3. The van der Waals surface area contributed by atoms with Gasteiger partial charge in [-0.25, -0.2) is 13.8 Å². The Hall–Kier alpha value is -2.52. The predicted octanol–water partition coefficient (Wildman–Crippen LogP) is 3.00. The molecule has 22 heavy (non-hydrogen) atoms. The molecule has 1 heterocycles. The Morgan fingerprint density at radius 1 is 1.32 bits per heavy atom. The van der Waals surface area contributed by atoms with Crippen molar-refractivity contribution in [3.8, 4) is 6.07 Å². The molecule has 1 aromatic heterocycles. The number of halogens is 3. The van der Waals surface area contributed by atoms with E-state index in [4.69, 9.17) is 16.9 Å². The van der Waals surface area contributed by atoms with Gasteiger partial charge in [0.1, 0.15) is 29.4 Å². The van der Waals surface area contributed by atoms with Crippen LogP contribution in [0.25, 0.3) is 0 Å². The quantitative estimate of drug-likeness (QED) is 0.813. The van der Waals surface area contributed by atoms with Gasteiger partial charge in [0.2, 0.25) is 5.91 Å². The van der Waals surface area contributed by atoms with E-state index in [1.165, 1.54) is 29.3 Å². The molecule has 2 aromatic rings. The molecule has 2 rings (SSSR count). The maximum Gasteiger partial charge on any atom is 0.243 e. The SMILES string of the molecule is N#Cc1ccc(N(Cc2ccc(F)cc2F)C(=O)CCl)nc1. The summed E-state index contributed by atoms with van der Waals surface area (Å²) in [4.78, 5) is 17.1. The molecular formula is C15H10ClF2N3O. The Labute approximate surface area is 130 Å². The highest BCUT2D eigenvalue weighted by Crippen LogP contribution is 2.18. The minimum atomic E-state index is -0.763. The molecule has 0 aliphatic carbocycles. The second-order valence-electron chi connectivity index (χ2n) is 4.37. The van der Waals surface area contributed by atoms with E-state index in [-0.39, 0.29) is 23.8 Å². The highest BCUT2D eigenvalue weighted by molar-refractivity contribution is 6.29. The number of pyridine rings is 1. The van der Waals surface area contributed by atoms with Crippen LogP contribution in [0.1, 0.15) is 11.1 Å². The van der Waals surface area contributed by atoms with Crippen LogP contribution < -0.4 is 4.90 Å². The van der Waals surface area contributed by atoms with Crippen LogP contribution in [0.2, 0.25) is 0 Å². The average Bonchev–Trinajstić information content (AvgIpc) is 2.53. The lowest BCUT2D eigenvalue weighted by Crippen LogP contribution is -2.32. The maximum absolute atomic E-state index is 13.7. The van der Waals surface area contributed by atoms with Gasteiger partial charge < -0.3 is 0 Å². The van der Waals surface area contributed by atoms with Gasteiger partial charge in [0.25, 0.3) is 0 Å². The number of carbonyl (C=O) groups is 1. The lowest BCUT2D eigenvalue weighted by Gasteiger charge is -2.21. The molecule has 0 atom stereocenters. The van der Waals surface area contributed by atoms with Gasteiger partial charge in [-0.1, -0.05) is 6.07 Å². The second kappa shape index (κ2) is 6.96. The van der Waals surface area contributed by atoms with Crippen molar-refractivity contribution in [2.24, 2.45) is 0 Å². The Morgan fingerprint density at radius 2 is 2.09 bits per heavy atom. The summed E-state index contributed by atoms with van der Waals surface area (Å²) >= 11 is 5.56. The van der Waals surface area contributed by atoms with Gasteiger partial charge in [0, 0.05) is 17.8 Å². The first kappa shape index (κ1) is 15.9. The van der Waals surface area contributed by atoms with Crippen molar-refractivity contribution in [3.05, 3.63) is 59.3 Å². The van der Waals surface area contributed by atoms with Crippen molar-refractivity contribution in [1.29, 1.82) is 5.26 Å².